The van der Waals surface area contributed by atoms with Crippen LogP contribution in [0, 0.1) is 0 Å². The molecule has 0 saturated carbocycles. The third-order valence-electron chi connectivity index (χ3n) is 3.67. The molecular weight excluding hydrogens is 399 g/mol. The van der Waals surface area contributed by atoms with Gasteiger partial charge in [0.15, 0.2) is 5.13 Å². The Morgan fingerprint density at radius 2 is 2.15 bits per heavy atom. The van der Waals surface area contributed by atoms with Crippen molar-refractivity contribution in [3.8, 4) is 5.75 Å². The van der Waals surface area contributed by atoms with Gasteiger partial charge in [-0.2, -0.15) is 0 Å². The number of aromatic nitrogens is 1. The van der Waals surface area contributed by atoms with Crippen molar-refractivity contribution in [2.45, 2.75) is 19.3 Å². The second-order valence-electron chi connectivity index (χ2n) is 5.59. The van der Waals surface area contributed by atoms with Gasteiger partial charge in [0.2, 0.25) is 5.91 Å². The number of amides is 1. The highest BCUT2D eigenvalue weighted by Gasteiger charge is 2.24. The highest BCUT2D eigenvalue weighted by atomic mass is 35.5. The molecule has 0 aliphatic carbocycles. The molecule has 0 radical (unpaired) electrons. The topological polar surface area (TPSA) is 68.7 Å². The number of ether oxygens (including phenoxy) is 2. The SMILES string of the molecule is O=C(Cc1csc(N2CCCC2=O)n1)OCCOc1ccc(Cl)cc1Cl. The predicted octanol–water partition coefficient (Wildman–Crippen LogP) is 3.74. The Balaban J connectivity index is 1.41. The summed E-state index contributed by atoms with van der Waals surface area (Å²) in [6.45, 7) is 0.956. The molecule has 1 amide bonds. The van der Waals surface area contributed by atoms with Gasteiger partial charge in [0.05, 0.1) is 17.1 Å². The fourth-order valence-electron chi connectivity index (χ4n) is 2.45. The molecule has 2 aromatic rings. The number of carbonyl (C=O) groups excluding carboxylic acids is 2. The highest BCUT2D eigenvalue weighted by molar-refractivity contribution is 7.14. The third kappa shape index (κ3) is 4.87. The van der Waals surface area contributed by atoms with Crippen molar-refractivity contribution >= 4 is 51.5 Å². The lowest BCUT2D eigenvalue weighted by Crippen LogP contribution is -2.23. The number of esters is 1. The lowest BCUT2D eigenvalue weighted by molar-refractivity contribution is -0.143. The number of hydrogen-bond acceptors (Lipinski definition) is 6. The molecule has 0 spiro atoms. The van der Waals surface area contributed by atoms with Gasteiger partial charge in [0.1, 0.15) is 19.0 Å². The van der Waals surface area contributed by atoms with Gasteiger partial charge in [-0.3, -0.25) is 14.5 Å². The Hall–Kier alpha value is -1.83. The smallest absolute Gasteiger partial charge is 0.312 e. The van der Waals surface area contributed by atoms with Crippen molar-refractivity contribution in [2.24, 2.45) is 0 Å². The number of hydrogen-bond donors (Lipinski definition) is 0. The first-order valence-corrected chi connectivity index (χ1v) is 9.65. The molecule has 0 atom stereocenters. The maximum Gasteiger partial charge on any atom is 0.312 e. The van der Waals surface area contributed by atoms with Crippen LogP contribution < -0.4 is 9.64 Å². The predicted molar refractivity (Wildman–Crippen MR) is 100 cm³/mol. The van der Waals surface area contributed by atoms with E-state index in [1.165, 1.54) is 11.3 Å². The van der Waals surface area contributed by atoms with Crippen molar-refractivity contribution in [2.75, 3.05) is 24.7 Å². The molecule has 6 nitrogen and oxygen atoms in total. The van der Waals surface area contributed by atoms with Crippen molar-refractivity contribution in [3.63, 3.8) is 0 Å². The standard InChI is InChI=1S/C17H16Cl2N2O4S/c18-11-3-4-14(13(19)8-11)24-6-7-25-16(23)9-12-10-26-17(20-12)21-5-1-2-15(21)22/h3-4,8,10H,1-2,5-7,9H2. The van der Waals surface area contributed by atoms with E-state index >= 15 is 0 Å². The lowest BCUT2D eigenvalue weighted by atomic mass is 10.3. The van der Waals surface area contributed by atoms with E-state index in [0.717, 1.165) is 6.42 Å². The molecule has 0 unspecified atom stereocenters. The molecule has 0 bridgehead atoms. The van der Waals surface area contributed by atoms with Gasteiger partial charge < -0.3 is 9.47 Å². The molecule has 2 heterocycles. The summed E-state index contributed by atoms with van der Waals surface area (Å²) in [7, 11) is 0. The average Bonchev–Trinajstić information content (AvgIpc) is 3.22. The van der Waals surface area contributed by atoms with Crippen LogP contribution in [-0.2, 0) is 20.7 Å². The number of benzene rings is 1. The summed E-state index contributed by atoms with van der Waals surface area (Å²) < 4.78 is 10.6. The Labute approximate surface area is 164 Å². The minimum Gasteiger partial charge on any atom is -0.488 e. The van der Waals surface area contributed by atoms with E-state index in [1.54, 1.807) is 28.5 Å². The summed E-state index contributed by atoms with van der Waals surface area (Å²) in [5.41, 5.74) is 0.594. The van der Waals surface area contributed by atoms with Crippen LogP contribution in [-0.4, -0.2) is 36.6 Å². The van der Waals surface area contributed by atoms with Crippen LogP contribution in [0.5, 0.6) is 5.75 Å². The maximum absolute atomic E-state index is 11.9. The fraction of sp³-hybridized carbons (Fsp3) is 0.353. The second kappa shape index (κ2) is 8.70. The van der Waals surface area contributed by atoms with Crippen molar-refractivity contribution in [3.05, 3.63) is 39.3 Å². The van der Waals surface area contributed by atoms with Crippen LogP contribution in [0.2, 0.25) is 10.0 Å². The molecule has 26 heavy (non-hydrogen) atoms. The minimum atomic E-state index is -0.402. The second-order valence-corrected chi connectivity index (χ2v) is 7.27. The first kappa shape index (κ1) is 18.9. The van der Waals surface area contributed by atoms with E-state index in [-0.39, 0.29) is 25.5 Å². The minimum absolute atomic E-state index is 0.0558. The maximum atomic E-state index is 11.9. The zero-order valence-electron chi connectivity index (χ0n) is 13.7. The molecule has 1 aliphatic heterocycles. The molecule has 0 N–H and O–H groups in total. The Morgan fingerprint density at radius 1 is 1.31 bits per heavy atom. The number of carbonyl (C=O) groups is 2. The first-order valence-electron chi connectivity index (χ1n) is 8.01. The van der Waals surface area contributed by atoms with Crippen LogP contribution in [0.25, 0.3) is 0 Å². The molecule has 138 valence electrons. The Kier molecular flexibility index (Phi) is 6.34. The fourth-order valence-corrected chi connectivity index (χ4v) is 3.78. The molecular formula is C17H16Cl2N2O4S. The van der Waals surface area contributed by atoms with Gasteiger partial charge in [-0.1, -0.05) is 23.2 Å². The number of thiazole rings is 1. The number of anilines is 1. The van der Waals surface area contributed by atoms with Crippen molar-refractivity contribution < 1.29 is 19.1 Å². The lowest BCUT2D eigenvalue weighted by Gasteiger charge is -2.10. The summed E-state index contributed by atoms with van der Waals surface area (Å²) in [5.74, 6) is 0.151. The normalized spacial score (nSPS) is 13.9. The van der Waals surface area contributed by atoms with Crippen LogP contribution in [0.15, 0.2) is 23.6 Å². The summed E-state index contributed by atoms with van der Waals surface area (Å²) >= 11 is 13.2. The summed E-state index contributed by atoms with van der Waals surface area (Å²) in [6.07, 6.45) is 1.45. The monoisotopic (exact) mass is 414 g/mol. The van der Waals surface area contributed by atoms with E-state index in [4.69, 9.17) is 32.7 Å². The largest absolute Gasteiger partial charge is 0.488 e. The van der Waals surface area contributed by atoms with E-state index < -0.39 is 5.97 Å². The third-order valence-corrected chi connectivity index (χ3v) is 5.11. The van der Waals surface area contributed by atoms with Gasteiger partial charge in [-0.15, -0.1) is 11.3 Å². The first-order chi connectivity index (χ1) is 12.5. The van der Waals surface area contributed by atoms with Gasteiger partial charge in [-0.05, 0) is 24.6 Å². The molecule has 1 aromatic heterocycles. The molecule has 1 fully saturated rings. The van der Waals surface area contributed by atoms with Crippen molar-refractivity contribution in [1.29, 1.82) is 0 Å². The zero-order valence-corrected chi connectivity index (χ0v) is 16.1. The summed E-state index contributed by atoms with van der Waals surface area (Å²) in [4.78, 5) is 29.6. The van der Waals surface area contributed by atoms with Gasteiger partial charge in [0, 0.05) is 23.4 Å². The van der Waals surface area contributed by atoms with Gasteiger partial charge in [0.25, 0.3) is 0 Å². The van der Waals surface area contributed by atoms with E-state index in [0.29, 0.717) is 39.6 Å². The molecule has 1 saturated heterocycles. The highest BCUT2D eigenvalue weighted by Crippen LogP contribution is 2.27. The van der Waals surface area contributed by atoms with Crippen LogP contribution in [0.3, 0.4) is 0 Å². The van der Waals surface area contributed by atoms with Crippen LogP contribution in [0.1, 0.15) is 18.5 Å². The molecule has 3 rings (SSSR count). The quantitative estimate of drug-likeness (QED) is 0.509. The van der Waals surface area contributed by atoms with Gasteiger partial charge in [-0.25, -0.2) is 4.98 Å². The number of nitrogens with zero attached hydrogens (tertiary/aromatic N) is 2. The molecule has 9 heteroatoms. The number of halogens is 2. The zero-order chi connectivity index (χ0) is 18.5. The number of rotatable bonds is 7. The molecule has 1 aliphatic rings. The molecule has 1 aromatic carbocycles. The van der Waals surface area contributed by atoms with E-state index in [1.807, 2.05) is 0 Å². The van der Waals surface area contributed by atoms with Crippen LogP contribution in [0.4, 0.5) is 5.13 Å². The average molecular weight is 415 g/mol. The summed E-state index contributed by atoms with van der Waals surface area (Å²) in [5, 5.41) is 3.32. The Morgan fingerprint density at radius 3 is 2.88 bits per heavy atom. The Bertz CT molecular complexity index is 812. The van der Waals surface area contributed by atoms with E-state index in [9.17, 15) is 9.59 Å². The van der Waals surface area contributed by atoms with Crippen LogP contribution >= 0.6 is 34.5 Å². The van der Waals surface area contributed by atoms with Crippen molar-refractivity contribution in [1.82, 2.24) is 4.98 Å². The van der Waals surface area contributed by atoms with Gasteiger partial charge >= 0.3 is 5.97 Å². The summed E-state index contributed by atoms with van der Waals surface area (Å²) in [6, 6.07) is 4.90. The van der Waals surface area contributed by atoms with E-state index in [2.05, 4.69) is 4.98 Å².